The second-order valence-electron chi connectivity index (χ2n) is 4.36. The predicted octanol–water partition coefficient (Wildman–Crippen LogP) is -0.0877. The van der Waals surface area contributed by atoms with Gasteiger partial charge in [-0.05, 0) is 19.8 Å². The second-order valence-corrected chi connectivity index (χ2v) is 6.62. The van der Waals surface area contributed by atoms with Gasteiger partial charge in [0.25, 0.3) is 0 Å². The lowest BCUT2D eigenvalue weighted by Gasteiger charge is -2.24. The lowest BCUT2D eigenvalue weighted by atomic mass is 9.87. The number of nitrogens with one attached hydrogen (secondary N) is 1. The SMILES string of the molecule is CCC(C)(CN)C(=O)NCCCS(C)(=O)=O. The van der Waals surface area contributed by atoms with E-state index in [1.807, 2.05) is 6.92 Å². The lowest BCUT2D eigenvalue weighted by molar-refractivity contribution is -0.129. The topological polar surface area (TPSA) is 89.3 Å². The third-order valence-electron chi connectivity index (χ3n) is 2.76. The van der Waals surface area contributed by atoms with E-state index in [4.69, 9.17) is 5.73 Å². The maximum atomic E-state index is 11.7. The van der Waals surface area contributed by atoms with Crippen molar-refractivity contribution in [3.05, 3.63) is 0 Å². The van der Waals surface area contributed by atoms with Crippen LogP contribution in [0.25, 0.3) is 0 Å². The summed E-state index contributed by atoms with van der Waals surface area (Å²) in [5, 5.41) is 2.71. The van der Waals surface area contributed by atoms with Crippen LogP contribution in [0.15, 0.2) is 0 Å². The van der Waals surface area contributed by atoms with E-state index in [1.54, 1.807) is 6.92 Å². The zero-order valence-corrected chi connectivity index (χ0v) is 11.1. The first-order valence-electron chi connectivity index (χ1n) is 5.41. The van der Waals surface area contributed by atoms with Gasteiger partial charge in [-0.25, -0.2) is 8.42 Å². The molecule has 1 atom stereocenters. The number of hydrogen-bond donors (Lipinski definition) is 2. The standard InChI is InChI=1S/C10H22N2O3S/c1-4-10(2,8-11)9(13)12-6-5-7-16(3,14)15/h4-8,11H2,1-3H3,(H,12,13). The van der Waals surface area contributed by atoms with Crippen LogP contribution in [0.2, 0.25) is 0 Å². The molecule has 0 radical (unpaired) electrons. The Morgan fingerprint density at radius 2 is 2.00 bits per heavy atom. The first-order chi connectivity index (χ1) is 7.25. The molecular weight excluding hydrogens is 228 g/mol. The van der Waals surface area contributed by atoms with E-state index in [2.05, 4.69) is 5.32 Å². The van der Waals surface area contributed by atoms with Crippen LogP contribution >= 0.6 is 0 Å². The fraction of sp³-hybridized carbons (Fsp3) is 0.900. The van der Waals surface area contributed by atoms with Crippen LogP contribution in [-0.2, 0) is 14.6 Å². The molecule has 0 saturated heterocycles. The van der Waals surface area contributed by atoms with Gasteiger partial charge in [-0.2, -0.15) is 0 Å². The minimum absolute atomic E-state index is 0.0960. The van der Waals surface area contributed by atoms with Crippen LogP contribution < -0.4 is 11.1 Å². The molecule has 0 rings (SSSR count). The number of nitrogens with two attached hydrogens (primary N) is 1. The summed E-state index contributed by atoms with van der Waals surface area (Å²) in [5.41, 5.74) is 4.98. The van der Waals surface area contributed by atoms with Crippen molar-refractivity contribution in [2.24, 2.45) is 11.1 Å². The second kappa shape index (κ2) is 6.20. The molecule has 16 heavy (non-hydrogen) atoms. The van der Waals surface area contributed by atoms with E-state index in [1.165, 1.54) is 6.26 Å². The van der Waals surface area contributed by atoms with Crippen molar-refractivity contribution < 1.29 is 13.2 Å². The maximum absolute atomic E-state index is 11.7. The summed E-state index contributed by atoms with van der Waals surface area (Å²) in [5.74, 6) is -0.00958. The lowest BCUT2D eigenvalue weighted by Crippen LogP contribution is -2.44. The molecule has 3 N–H and O–H groups in total. The molecule has 0 fully saturated rings. The Kier molecular flexibility index (Phi) is 5.96. The van der Waals surface area contributed by atoms with Crippen LogP contribution in [-0.4, -0.2) is 39.4 Å². The van der Waals surface area contributed by atoms with Gasteiger partial charge < -0.3 is 11.1 Å². The normalized spacial score (nSPS) is 15.5. The van der Waals surface area contributed by atoms with E-state index in [0.29, 0.717) is 25.9 Å². The molecule has 1 unspecified atom stereocenters. The third-order valence-corrected chi connectivity index (χ3v) is 3.79. The van der Waals surface area contributed by atoms with Gasteiger partial charge in [0.05, 0.1) is 11.2 Å². The Morgan fingerprint density at radius 1 is 1.44 bits per heavy atom. The highest BCUT2D eigenvalue weighted by molar-refractivity contribution is 7.90. The fourth-order valence-electron chi connectivity index (χ4n) is 1.15. The molecule has 0 spiro atoms. The molecule has 0 bridgehead atoms. The van der Waals surface area contributed by atoms with Crippen molar-refractivity contribution in [1.29, 1.82) is 0 Å². The minimum atomic E-state index is -2.94. The van der Waals surface area contributed by atoms with Crippen molar-refractivity contribution in [2.45, 2.75) is 26.7 Å². The molecule has 0 aromatic carbocycles. The highest BCUT2D eigenvalue weighted by Gasteiger charge is 2.28. The third kappa shape index (κ3) is 5.46. The number of rotatable bonds is 7. The number of amides is 1. The molecule has 0 aromatic rings. The van der Waals surface area contributed by atoms with E-state index in [-0.39, 0.29) is 11.7 Å². The summed E-state index contributed by atoms with van der Waals surface area (Å²) in [6, 6.07) is 0. The van der Waals surface area contributed by atoms with Crippen LogP contribution in [0.4, 0.5) is 0 Å². The largest absolute Gasteiger partial charge is 0.356 e. The van der Waals surface area contributed by atoms with Gasteiger partial charge in [-0.3, -0.25) is 4.79 Å². The molecule has 96 valence electrons. The van der Waals surface area contributed by atoms with Gasteiger partial charge in [0, 0.05) is 19.3 Å². The highest BCUT2D eigenvalue weighted by atomic mass is 32.2. The Balaban J connectivity index is 3.99. The summed E-state index contributed by atoms with van der Waals surface area (Å²) < 4.78 is 21.7. The summed E-state index contributed by atoms with van der Waals surface area (Å²) >= 11 is 0. The average Bonchev–Trinajstić information content (AvgIpc) is 2.21. The Hall–Kier alpha value is -0.620. The molecule has 1 amide bonds. The summed E-state index contributed by atoms with van der Waals surface area (Å²) in [4.78, 5) is 11.7. The molecule has 0 aliphatic heterocycles. The van der Waals surface area contributed by atoms with E-state index >= 15 is 0 Å². The fourth-order valence-corrected chi connectivity index (χ4v) is 1.82. The van der Waals surface area contributed by atoms with Gasteiger partial charge in [-0.15, -0.1) is 0 Å². The van der Waals surface area contributed by atoms with E-state index in [0.717, 1.165) is 0 Å². The van der Waals surface area contributed by atoms with Crippen LogP contribution in [0.5, 0.6) is 0 Å². The molecular formula is C10H22N2O3S. The van der Waals surface area contributed by atoms with E-state index in [9.17, 15) is 13.2 Å². The van der Waals surface area contributed by atoms with Crippen molar-refractivity contribution in [3.63, 3.8) is 0 Å². The number of carbonyl (C=O) groups is 1. The summed E-state index contributed by atoms with van der Waals surface area (Å²) in [7, 11) is -2.94. The van der Waals surface area contributed by atoms with Crippen molar-refractivity contribution >= 4 is 15.7 Å². The molecule has 5 nitrogen and oxygen atoms in total. The predicted molar refractivity (Wildman–Crippen MR) is 64.8 cm³/mol. The van der Waals surface area contributed by atoms with Crippen molar-refractivity contribution in [1.82, 2.24) is 5.32 Å². The number of sulfone groups is 1. The van der Waals surface area contributed by atoms with Gasteiger partial charge in [0.2, 0.25) is 5.91 Å². The molecule has 0 aromatic heterocycles. The van der Waals surface area contributed by atoms with Gasteiger partial charge >= 0.3 is 0 Å². The van der Waals surface area contributed by atoms with Crippen LogP contribution in [0.3, 0.4) is 0 Å². The summed E-state index contributed by atoms with van der Waals surface area (Å²) in [6.45, 7) is 4.38. The quantitative estimate of drug-likeness (QED) is 0.618. The number of carbonyl (C=O) groups excluding carboxylic acids is 1. The minimum Gasteiger partial charge on any atom is -0.356 e. The molecule has 6 heteroatoms. The van der Waals surface area contributed by atoms with Crippen LogP contribution in [0, 0.1) is 5.41 Å². The molecule has 0 aliphatic carbocycles. The zero-order chi connectivity index (χ0) is 12.8. The monoisotopic (exact) mass is 250 g/mol. The van der Waals surface area contributed by atoms with Crippen molar-refractivity contribution in [3.8, 4) is 0 Å². The van der Waals surface area contributed by atoms with Gasteiger partial charge in [0.15, 0.2) is 0 Å². The summed E-state index contributed by atoms with van der Waals surface area (Å²) in [6.07, 6.45) is 2.29. The first kappa shape index (κ1) is 15.4. The highest BCUT2D eigenvalue weighted by Crippen LogP contribution is 2.18. The number of hydrogen-bond acceptors (Lipinski definition) is 4. The Morgan fingerprint density at radius 3 is 2.38 bits per heavy atom. The molecule has 0 heterocycles. The first-order valence-corrected chi connectivity index (χ1v) is 7.47. The van der Waals surface area contributed by atoms with Crippen molar-refractivity contribution in [2.75, 3.05) is 25.1 Å². The Bertz CT molecular complexity index is 321. The van der Waals surface area contributed by atoms with Gasteiger partial charge in [-0.1, -0.05) is 6.92 Å². The average molecular weight is 250 g/mol. The smallest absolute Gasteiger partial charge is 0.227 e. The molecule has 0 saturated carbocycles. The maximum Gasteiger partial charge on any atom is 0.227 e. The van der Waals surface area contributed by atoms with Gasteiger partial charge in [0.1, 0.15) is 9.84 Å². The zero-order valence-electron chi connectivity index (χ0n) is 10.2. The Labute approximate surface area is 97.7 Å². The molecule has 0 aliphatic rings. The van der Waals surface area contributed by atoms with Crippen LogP contribution in [0.1, 0.15) is 26.7 Å². The van der Waals surface area contributed by atoms with E-state index < -0.39 is 15.3 Å².